The number of halogens is 3. The maximum Gasteiger partial charge on any atom is 0.573 e. The molecule has 1 amide bonds. The number of ether oxygens (including phenoxy) is 1. The van der Waals surface area contributed by atoms with Gasteiger partial charge in [-0.2, -0.15) is 0 Å². The second kappa shape index (κ2) is 7.21. The highest BCUT2D eigenvalue weighted by Crippen LogP contribution is 2.32. The molecule has 0 radical (unpaired) electrons. The fourth-order valence-electron chi connectivity index (χ4n) is 2.78. The lowest BCUT2D eigenvalue weighted by atomic mass is 9.97. The minimum absolute atomic E-state index is 0.103. The summed E-state index contributed by atoms with van der Waals surface area (Å²) in [7, 11) is 0. The van der Waals surface area contributed by atoms with Gasteiger partial charge < -0.3 is 15.2 Å². The van der Waals surface area contributed by atoms with Gasteiger partial charge >= 0.3 is 6.36 Å². The van der Waals surface area contributed by atoms with Crippen molar-refractivity contribution in [1.29, 1.82) is 0 Å². The predicted molar refractivity (Wildman–Crippen MR) is 77.9 cm³/mol. The summed E-state index contributed by atoms with van der Waals surface area (Å²) < 4.78 is 39.9. The quantitative estimate of drug-likeness (QED) is 0.843. The number of nitrogens with one attached hydrogen (secondary N) is 1. The molecule has 1 saturated carbocycles. The third-order valence-electron chi connectivity index (χ3n) is 3.92. The lowest BCUT2D eigenvalue weighted by molar-refractivity contribution is -0.274. The molecule has 0 spiro atoms. The molecular weight excluding hydrogens is 311 g/mol. The van der Waals surface area contributed by atoms with Gasteiger partial charge in [-0.05, 0) is 37.0 Å². The number of benzene rings is 1. The van der Waals surface area contributed by atoms with E-state index in [9.17, 15) is 23.1 Å². The molecule has 2 N–H and O–H groups in total. The number of alkyl halides is 3. The molecule has 0 heterocycles. The highest BCUT2D eigenvalue weighted by atomic mass is 19.4. The standard InChI is InChI=1S/C16H20F3NO3/c17-16(18,19)23-13-5-3-12(4-6-13)7-10-20-14(21)11-15(22)8-1-2-9-15/h3-6,22H,1-2,7-11H2,(H,20,21). The van der Waals surface area contributed by atoms with Crippen molar-refractivity contribution in [3.63, 3.8) is 0 Å². The highest BCUT2D eigenvalue weighted by molar-refractivity contribution is 5.77. The molecule has 23 heavy (non-hydrogen) atoms. The third-order valence-corrected chi connectivity index (χ3v) is 3.92. The number of aliphatic hydroxyl groups is 1. The van der Waals surface area contributed by atoms with Crippen molar-refractivity contribution in [3.8, 4) is 5.75 Å². The molecular formula is C16H20F3NO3. The van der Waals surface area contributed by atoms with Crippen LogP contribution in [0.5, 0.6) is 5.75 Å². The van der Waals surface area contributed by atoms with Gasteiger partial charge in [0.2, 0.25) is 5.91 Å². The van der Waals surface area contributed by atoms with E-state index in [-0.39, 0.29) is 18.1 Å². The van der Waals surface area contributed by atoms with Crippen LogP contribution in [0, 0.1) is 0 Å². The molecule has 0 unspecified atom stereocenters. The zero-order valence-electron chi connectivity index (χ0n) is 12.7. The summed E-state index contributed by atoms with van der Waals surface area (Å²) in [6.07, 6.45) is -0.910. The summed E-state index contributed by atoms with van der Waals surface area (Å²) in [6, 6.07) is 5.53. The van der Waals surface area contributed by atoms with Gasteiger partial charge in [-0.25, -0.2) is 0 Å². The number of carbonyl (C=O) groups excluding carboxylic acids is 1. The second-order valence-electron chi connectivity index (χ2n) is 5.90. The van der Waals surface area contributed by atoms with E-state index in [1.165, 1.54) is 24.3 Å². The van der Waals surface area contributed by atoms with Crippen LogP contribution in [0.4, 0.5) is 13.2 Å². The first-order valence-electron chi connectivity index (χ1n) is 7.60. The molecule has 1 fully saturated rings. The summed E-state index contributed by atoms with van der Waals surface area (Å²) in [5, 5.41) is 12.9. The van der Waals surface area contributed by atoms with Crippen LogP contribution in [0.15, 0.2) is 24.3 Å². The van der Waals surface area contributed by atoms with E-state index in [2.05, 4.69) is 10.1 Å². The van der Waals surface area contributed by atoms with Gasteiger partial charge in [0.1, 0.15) is 5.75 Å². The molecule has 0 atom stereocenters. The van der Waals surface area contributed by atoms with Gasteiger partial charge in [0, 0.05) is 6.54 Å². The van der Waals surface area contributed by atoms with E-state index in [4.69, 9.17) is 0 Å². The summed E-state index contributed by atoms with van der Waals surface area (Å²) in [4.78, 5) is 11.8. The Kier molecular flexibility index (Phi) is 5.51. The van der Waals surface area contributed by atoms with Crippen LogP contribution in [-0.2, 0) is 11.2 Å². The van der Waals surface area contributed by atoms with Crippen LogP contribution < -0.4 is 10.1 Å². The molecule has 1 aliphatic carbocycles. The maximum atomic E-state index is 12.0. The molecule has 1 aromatic rings. The number of amides is 1. The van der Waals surface area contributed by atoms with Crippen LogP contribution in [-0.4, -0.2) is 29.5 Å². The molecule has 0 aromatic heterocycles. The zero-order valence-corrected chi connectivity index (χ0v) is 12.7. The monoisotopic (exact) mass is 331 g/mol. The molecule has 2 rings (SSSR count). The SMILES string of the molecule is O=C(CC1(O)CCCC1)NCCc1ccc(OC(F)(F)F)cc1. The fourth-order valence-corrected chi connectivity index (χ4v) is 2.78. The van der Waals surface area contributed by atoms with E-state index in [1.807, 2.05) is 0 Å². The Labute approximate surface area is 132 Å². The summed E-state index contributed by atoms with van der Waals surface area (Å²) in [5.74, 6) is -0.472. The summed E-state index contributed by atoms with van der Waals surface area (Å²) in [6.45, 7) is 0.369. The minimum Gasteiger partial charge on any atom is -0.406 e. The van der Waals surface area contributed by atoms with E-state index in [1.54, 1.807) is 0 Å². The molecule has 4 nitrogen and oxygen atoms in total. The smallest absolute Gasteiger partial charge is 0.406 e. The Balaban J connectivity index is 1.72. The first kappa shape index (κ1) is 17.6. The van der Waals surface area contributed by atoms with Crippen molar-refractivity contribution in [2.75, 3.05) is 6.54 Å². The van der Waals surface area contributed by atoms with Gasteiger partial charge in [-0.3, -0.25) is 4.79 Å². The van der Waals surface area contributed by atoms with E-state index in [0.717, 1.165) is 18.4 Å². The largest absolute Gasteiger partial charge is 0.573 e. The van der Waals surface area contributed by atoms with Gasteiger partial charge in [0.05, 0.1) is 12.0 Å². The average Bonchev–Trinajstić information content (AvgIpc) is 2.85. The lowest BCUT2D eigenvalue weighted by Crippen LogP contribution is -2.35. The normalized spacial score (nSPS) is 17.0. The van der Waals surface area contributed by atoms with Gasteiger partial charge in [-0.15, -0.1) is 13.2 Å². The van der Waals surface area contributed by atoms with Gasteiger partial charge in [0.15, 0.2) is 0 Å². The molecule has 0 aliphatic heterocycles. The van der Waals surface area contributed by atoms with Crippen LogP contribution in [0.25, 0.3) is 0 Å². The third kappa shape index (κ3) is 6.09. The van der Waals surface area contributed by atoms with Crippen molar-refractivity contribution >= 4 is 5.91 Å². The molecule has 128 valence electrons. The molecule has 1 aliphatic rings. The Morgan fingerprint density at radius 1 is 1.22 bits per heavy atom. The number of hydrogen-bond acceptors (Lipinski definition) is 3. The molecule has 0 saturated heterocycles. The Bertz CT molecular complexity index is 522. The summed E-state index contributed by atoms with van der Waals surface area (Å²) >= 11 is 0. The minimum atomic E-state index is -4.70. The van der Waals surface area contributed by atoms with Crippen LogP contribution in [0.2, 0.25) is 0 Å². The first-order chi connectivity index (χ1) is 10.8. The van der Waals surface area contributed by atoms with Crippen molar-refractivity contribution < 1.29 is 27.8 Å². The van der Waals surface area contributed by atoms with E-state index >= 15 is 0 Å². The Morgan fingerprint density at radius 3 is 2.39 bits per heavy atom. The van der Waals surface area contributed by atoms with E-state index < -0.39 is 12.0 Å². The molecule has 7 heteroatoms. The average molecular weight is 331 g/mol. The molecule has 1 aromatic carbocycles. The lowest BCUT2D eigenvalue weighted by Gasteiger charge is -2.21. The van der Waals surface area contributed by atoms with Crippen LogP contribution in [0.3, 0.4) is 0 Å². The van der Waals surface area contributed by atoms with Gasteiger partial charge in [0.25, 0.3) is 0 Å². The number of hydrogen-bond donors (Lipinski definition) is 2. The fraction of sp³-hybridized carbons (Fsp3) is 0.562. The van der Waals surface area contributed by atoms with Crippen LogP contribution >= 0.6 is 0 Å². The summed E-state index contributed by atoms with van der Waals surface area (Å²) in [5.41, 5.74) is -0.0832. The molecule has 0 bridgehead atoms. The predicted octanol–water partition coefficient (Wildman–Crippen LogP) is 2.94. The number of carbonyl (C=O) groups is 1. The Hall–Kier alpha value is -1.76. The Morgan fingerprint density at radius 2 is 1.83 bits per heavy atom. The maximum absolute atomic E-state index is 12.0. The van der Waals surface area contributed by atoms with E-state index in [0.29, 0.717) is 25.8 Å². The highest BCUT2D eigenvalue weighted by Gasteiger charge is 2.33. The second-order valence-corrected chi connectivity index (χ2v) is 5.90. The number of rotatable bonds is 6. The van der Waals surface area contributed by atoms with Crippen molar-refractivity contribution in [3.05, 3.63) is 29.8 Å². The zero-order chi connectivity index (χ0) is 16.9. The van der Waals surface area contributed by atoms with Crippen LogP contribution in [0.1, 0.15) is 37.7 Å². The first-order valence-corrected chi connectivity index (χ1v) is 7.60. The van der Waals surface area contributed by atoms with Crippen molar-refractivity contribution in [1.82, 2.24) is 5.32 Å². The van der Waals surface area contributed by atoms with Crippen molar-refractivity contribution in [2.45, 2.75) is 50.5 Å². The topological polar surface area (TPSA) is 58.6 Å². The van der Waals surface area contributed by atoms with Crippen molar-refractivity contribution in [2.24, 2.45) is 0 Å². The van der Waals surface area contributed by atoms with Gasteiger partial charge in [-0.1, -0.05) is 25.0 Å².